The number of aliphatic hydroxyl groups is 2. The molecule has 2 aromatic rings. The SMILES string of the molecule is O=C(NO)[C@H]1O[C@@H](c2ccc(/C=C\c3ccccc3)cc2)[C@@H](O)[C@H]1O. The number of hydroxylamine groups is 1. The molecule has 130 valence electrons. The molecule has 0 aliphatic carbocycles. The Labute approximate surface area is 145 Å². The number of carbonyl (C=O) groups is 1. The molecule has 4 atom stereocenters. The van der Waals surface area contributed by atoms with Crippen molar-refractivity contribution in [2.45, 2.75) is 24.4 Å². The highest BCUT2D eigenvalue weighted by Crippen LogP contribution is 2.33. The first kappa shape index (κ1) is 17.3. The number of aliphatic hydroxyl groups excluding tert-OH is 2. The molecule has 1 aliphatic rings. The van der Waals surface area contributed by atoms with Crippen molar-refractivity contribution in [2.75, 3.05) is 0 Å². The third-order valence-electron chi connectivity index (χ3n) is 4.16. The Morgan fingerprint density at radius 3 is 2.12 bits per heavy atom. The van der Waals surface area contributed by atoms with E-state index in [-0.39, 0.29) is 0 Å². The molecule has 0 bridgehead atoms. The fourth-order valence-corrected chi connectivity index (χ4v) is 2.79. The van der Waals surface area contributed by atoms with Crippen molar-refractivity contribution in [2.24, 2.45) is 0 Å². The van der Waals surface area contributed by atoms with E-state index in [2.05, 4.69) is 0 Å². The molecule has 0 radical (unpaired) electrons. The summed E-state index contributed by atoms with van der Waals surface area (Å²) in [6.07, 6.45) is -0.877. The van der Waals surface area contributed by atoms with Gasteiger partial charge in [0.05, 0.1) is 0 Å². The number of benzene rings is 2. The van der Waals surface area contributed by atoms with Gasteiger partial charge in [-0.05, 0) is 16.7 Å². The van der Waals surface area contributed by atoms with E-state index in [1.807, 2.05) is 54.6 Å². The standard InChI is InChI=1S/C19H19NO5/c21-15-16(22)18(19(23)20-24)25-17(15)14-10-8-13(9-11-14)7-6-12-4-2-1-3-5-12/h1-11,15-18,21-22,24H,(H,20,23)/b7-6-/t15-,16+,17-,18-/m0/s1. The van der Waals surface area contributed by atoms with E-state index in [4.69, 9.17) is 9.94 Å². The van der Waals surface area contributed by atoms with Gasteiger partial charge in [0.2, 0.25) is 0 Å². The number of hydrogen-bond donors (Lipinski definition) is 4. The number of amides is 1. The molecular formula is C19H19NO5. The predicted molar refractivity (Wildman–Crippen MR) is 91.4 cm³/mol. The van der Waals surface area contributed by atoms with Gasteiger partial charge in [-0.1, -0.05) is 66.7 Å². The van der Waals surface area contributed by atoms with E-state index >= 15 is 0 Å². The molecule has 6 nitrogen and oxygen atoms in total. The van der Waals surface area contributed by atoms with Gasteiger partial charge in [-0.3, -0.25) is 10.0 Å². The summed E-state index contributed by atoms with van der Waals surface area (Å²) in [6.45, 7) is 0. The van der Waals surface area contributed by atoms with Crippen LogP contribution in [0.3, 0.4) is 0 Å². The van der Waals surface area contributed by atoms with Crippen LogP contribution in [0.5, 0.6) is 0 Å². The minimum atomic E-state index is -1.41. The molecule has 0 spiro atoms. The summed E-state index contributed by atoms with van der Waals surface area (Å²) in [7, 11) is 0. The first-order valence-corrected chi connectivity index (χ1v) is 7.89. The molecule has 0 aromatic heterocycles. The molecule has 1 fully saturated rings. The second-order valence-electron chi connectivity index (χ2n) is 5.85. The van der Waals surface area contributed by atoms with Gasteiger partial charge in [0, 0.05) is 0 Å². The van der Waals surface area contributed by atoms with Crippen LogP contribution >= 0.6 is 0 Å². The highest BCUT2D eigenvalue weighted by molar-refractivity contribution is 5.80. The smallest absolute Gasteiger partial charge is 0.275 e. The average Bonchev–Trinajstić information content (AvgIpc) is 2.96. The Balaban J connectivity index is 1.72. The highest BCUT2D eigenvalue weighted by atomic mass is 16.6. The first-order chi connectivity index (χ1) is 12.1. The van der Waals surface area contributed by atoms with Crippen LogP contribution in [-0.2, 0) is 9.53 Å². The molecule has 1 heterocycles. The Hall–Kier alpha value is -2.51. The normalized spacial score (nSPS) is 26.0. The van der Waals surface area contributed by atoms with Gasteiger partial charge >= 0.3 is 0 Å². The van der Waals surface area contributed by atoms with Gasteiger partial charge in [0.25, 0.3) is 5.91 Å². The van der Waals surface area contributed by atoms with Crippen molar-refractivity contribution in [3.05, 3.63) is 71.3 Å². The minimum Gasteiger partial charge on any atom is -0.387 e. The quantitative estimate of drug-likeness (QED) is 0.384. The highest BCUT2D eigenvalue weighted by Gasteiger charge is 2.46. The van der Waals surface area contributed by atoms with Crippen LogP contribution in [0.4, 0.5) is 0 Å². The van der Waals surface area contributed by atoms with E-state index in [9.17, 15) is 15.0 Å². The van der Waals surface area contributed by atoms with E-state index in [1.54, 1.807) is 12.1 Å². The molecule has 0 unspecified atom stereocenters. The summed E-state index contributed by atoms with van der Waals surface area (Å²) in [5.41, 5.74) is 4.11. The summed E-state index contributed by atoms with van der Waals surface area (Å²) in [6, 6.07) is 17.1. The van der Waals surface area contributed by atoms with Crippen molar-refractivity contribution >= 4 is 18.1 Å². The number of ether oxygens (including phenoxy) is 1. The summed E-state index contributed by atoms with van der Waals surface area (Å²) < 4.78 is 5.40. The largest absolute Gasteiger partial charge is 0.387 e. The summed E-state index contributed by atoms with van der Waals surface area (Å²) in [4.78, 5) is 11.5. The van der Waals surface area contributed by atoms with Gasteiger partial charge in [-0.25, -0.2) is 5.48 Å². The second kappa shape index (κ2) is 7.58. The van der Waals surface area contributed by atoms with Crippen LogP contribution in [0.15, 0.2) is 54.6 Å². The number of nitrogens with one attached hydrogen (secondary N) is 1. The predicted octanol–water partition coefficient (Wildman–Crippen LogP) is 1.52. The van der Waals surface area contributed by atoms with Crippen molar-refractivity contribution in [3.8, 4) is 0 Å². The van der Waals surface area contributed by atoms with Crippen LogP contribution in [0.2, 0.25) is 0 Å². The average molecular weight is 341 g/mol. The number of carbonyl (C=O) groups excluding carboxylic acids is 1. The van der Waals surface area contributed by atoms with Gasteiger partial charge in [-0.15, -0.1) is 0 Å². The third kappa shape index (κ3) is 3.78. The lowest BCUT2D eigenvalue weighted by Crippen LogP contribution is -2.41. The first-order valence-electron chi connectivity index (χ1n) is 7.89. The Kier molecular flexibility index (Phi) is 5.25. The van der Waals surface area contributed by atoms with Crippen LogP contribution in [0, 0.1) is 0 Å². The molecule has 3 rings (SSSR count). The van der Waals surface area contributed by atoms with E-state index in [0.717, 1.165) is 11.1 Å². The maximum atomic E-state index is 11.5. The van der Waals surface area contributed by atoms with E-state index < -0.39 is 30.3 Å². The molecule has 1 amide bonds. The van der Waals surface area contributed by atoms with Crippen molar-refractivity contribution in [1.82, 2.24) is 5.48 Å². The van der Waals surface area contributed by atoms with Gasteiger partial charge in [-0.2, -0.15) is 0 Å². The maximum Gasteiger partial charge on any atom is 0.275 e. The lowest BCUT2D eigenvalue weighted by Gasteiger charge is -2.15. The summed E-state index contributed by atoms with van der Waals surface area (Å²) in [5.74, 6) is -0.892. The van der Waals surface area contributed by atoms with Crippen LogP contribution in [0.25, 0.3) is 12.2 Å². The zero-order valence-electron chi connectivity index (χ0n) is 13.3. The molecule has 4 N–H and O–H groups in total. The summed E-state index contributed by atoms with van der Waals surface area (Å²) >= 11 is 0. The van der Waals surface area contributed by atoms with Crippen molar-refractivity contribution < 1.29 is 25.0 Å². The Bertz CT molecular complexity index is 744. The Morgan fingerprint density at radius 2 is 1.52 bits per heavy atom. The number of hydrogen-bond acceptors (Lipinski definition) is 5. The van der Waals surface area contributed by atoms with Crippen LogP contribution < -0.4 is 5.48 Å². The molecule has 1 aliphatic heterocycles. The number of rotatable bonds is 4. The second-order valence-corrected chi connectivity index (χ2v) is 5.85. The maximum absolute atomic E-state index is 11.5. The van der Waals surface area contributed by atoms with E-state index in [0.29, 0.717) is 5.56 Å². The fourth-order valence-electron chi connectivity index (χ4n) is 2.79. The van der Waals surface area contributed by atoms with Crippen LogP contribution in [0.1, 0.15) is 22.8 Å². The third-order valence-corrected chi connectivity index (χ3v) is 4.16. The Morgan fingerprint density at radius 1 is 0.920 bits per heavy atom. The summed E-state index contributed by atoms with van der Waals surface area (Å²) in [5, 5.41) is 28.7. The fraction of sp³-hybridized carbons (Fsp3) is 0.211. The zero-order valence-corrected chi connectivity index (χ0v) is 13.3. The van der Waals surface area contributed by atoms with Gasteiger partial charge in [0.1, 0.15) is 18.3 Å². The van der Waals surface area contributed by atoms with Crippen molar-refractivity contribution in [1.29, 1.82) is 0 Å². The molecule has 25 heavy (non-hydrogen) atoms. The van der Waals surface area contributed by atoms with Gasteiger partial charge in [0.15, 0.2) is 6.10 Å². The molecule has 1 saturated heterocycles. The zero-order chi connectivity index (χ0) is 17.8. The molecule has 2 aromatic carbocycles. The lowest BCUT2D eigenvalue weighted by molar-refractivity contribution is -0.144. The van der Waals surface area contributed by atoms with Crippen LogP contribution in [-0.4, -0.2) is 39.6 Å². The molecular weight excluding hydrogens is 322 g/mol. The van der Waals surface area contributed by atoms with Gasteiger partial charge < -0.3 is 14.9 Å². The lowest BCUT2D eigenvalue weighted by atomic mass is 10.00. The molecule has 0 saturated carbocycles. The monoisotopic (exact) mass is 341 g/mol. The molecule has 6 heteroatoms. The minimum absolute atomic E-state index is 0.636. The topological polar surface area (TPSA) is 99.0 Å². The van der Waals surface area contributed by atoms with E-state index in [1.165, 1.54) is 5.48 Å². The van der Waals surface area contributed by atoms with Crippen molar-refractivity contribution in [3.63, 3.8) is 0 Å².